The number of halogens is 1. The van der Waals surface area contributed by atoms with E-state index in [1.54, 1.807) is 13.0 Å². The summed E-state index contributed by atoms with van der Waals surface area (Å²) in [7, 11) is -3.97. The molecule has 3 heterocycles. The Bertz CT molecular complexity index is 789. The van der Waals surface area contributed by atoms with Gasteiger partial charge in [-0.3, -0.25) is 4.90 Å². The molecule has 0 aliphatic carbocycles. The standard InChI is InChI=1S/C19H27FN2O4S/c1-14-2-3-15(20)17(12-14)27(23,24)18-16(22-8-10-25-11-9-22)13-19(26-18)4-6-21-7-5-19/h2-3,12,16,18,21H,4-11,13H2,1H3. The van der Waals surface area contributed by atoms with E-state index in [0.717, 1.165) is 25.9 Å². The van der Waals surface area contributed by atoms with Crippen LogP contribution >= 0.6 is 0 Å². The molecule has 2 unspecified atom stereocenters. The van der Waals surface area contributed by atoms with E-state index in [0.29, 0.717) is 38.3 Å². The van der Waals surface area contributed by atoms with Gasteiger partial charge in [-0.05, 0) is 57.0 Å². The monoisotopic (exact) mass is 398 g/mol. The average molecular weight is 399 g/mol. The second-order valence-corrected chi connectivity index (χ2v) is 9.81. The smallest absolute Gasteiger partial charge is 0.209 e. The minimum atomic E-state index is -3.97. The van der Waals surface area contributed by atoms with E-state index in [2.05, 4.69) is 10.2 Å². The summed E-state index contributed by atoms with van der Waals surface area (Å²) in [5, 5.41) is 3.31. The Labute approximate surface area is 159 Å². The number of nitrogens with one attached hydrogen (secondary N) is 1. The topological polar surface area (TPSA) is 67.9 Å². The van der Waals surface area contributed by atoms with Crippen molar-refractivity contribution in [3.8, 4) is 0 Å². The van der Waals surface area contributed by atoms with E-state index < -0.39 is 26.7 Å². The summed E-state index contributed by atoms with van der Waals surface area (Å²) in [4.78, 5) is 1.90. The molecule has 3 saturated heterocycles. The molecular weight excluding hydrogens is 371 g/mol. The van der Waals surface area contributed by atoms with Gasteiger partial charge in [0.1, 0.15) is 10.7 Å². The molecule has 1 N–H and O–H groups in total. The number of hydrogen-bond acceptors (Lipinski definition) is 6. The molecule has 8 heteroatoms. The quantitative estimate of drug-likeness (QED) is 0.832. The van der Waals surface area contributed by atoms with Gasteiger partial charge in [0.25, 0.3) is 0 Å². The summed E-state index contributed by atoms with van der Waals surface area (Å²) < 4.78 is 53.1. The Balaban J connectivity index is 1.71. The second-order valence-electron chi connectivity index (χ2n) is 7.82. The van der Waals surface area contributed by atoms with Crippen LogP contribution in [0, 0.1) is 12.7 Å². The number of ether oxygens (including phenoxy) is 2. The molecule has 150 valence electrons. The zero-order chi connectivity index (χ0) is 19.1. The van der Waals surface area contributed by atoms with Crippen molar-refractivity contribution < 1.29 is 22.3 Å². The Hall–Kier alpha value is -1.06. The maximum absolute atomic E-state index is 14.4. The van der Waals surface area contributed by atoms with Crippen LogP contribution in [0.15, 0.2) is 23.1 Å². The van der Waals surface area contributed by atoms with E-state index in [-0.39, 0.29) is 10.9 Å². The van der Waals surface area contributed by atoms with E-state index >= 15 is 0 Å². The van der Waals surface area contributed by atoms with Crippen molar-refractivity contribution in [2.45, 2.75) is 48.2 Å². The van der Waals surface area contributed by atoms with Crippen LogP contribution in [0.2, 0.25) is 0 Å². The lowest BCUT2D eigenvalue weighted by Gasteiger charge is -2.35. The average Bonchev–Trinajstić information content (AvgIpc) is 3.05. The van der Waals surface area contributed by atoms with Gasteiger partial charge in [-0.1, -0.05) is 6.07 Å². The third-order valence-corrected chi connectivity index (χ3v) is 7.94. The molecule has 0 radical (unpaired) electrons. The first-order valence-corrected chi connectivity index (χ1v) is 11.2. The predicted octanol–water partition coefficient (Wildman–Crippen LogP) is 1.48. The van der Waals surface area contributed by atoms with Crippen LogP contribution in [0.25, 0.3) is 0 Å². The van der Waals surface area contributed by atoms with Gasteiger partial charge in [0.2, 0.25) is 9.84 Å². The summed E-state index contributed by atoms with van der Waals surface area (Å²) in [6, 6.07) is 3.94. The third-order valence-electron chi connectivity index (χ3n) is 5.99. The van der Waals surface area contributed by atoms with Crippen molar-refractivity contribution in [3.63, 3.8) is 0 Å². The van der Waals surface area contributed by atoms with Gasteiger partial charge >= 0.3 is 0 Å². The number of aryl methyl sites for hydroxylation is 1. The first-order valence-electron chi connectivity index (χ1n) is 9.62. The molecule has 1 aromatic rings. The molecule has 27 heavy (non-hydrogen) atoms. The van der Waals surface area contributed by atoms with Gasteiger partial charge in [0.05, 0.1) is 24.9 Å². The van der Waals surface area contributed by atoms with E-state index in [1.807, 2.05) is 0 Å². The van der Waals surface area contributed by atoms with Crippen molar-refractivity contribution in [3.05, 3.63) is 29.6 Å². The molecule has 2 atom stereocenters. The highest BCUT2D eigenvalue weighted by Crippen LogP contribution is 2.43. The highest BCUT2D eigenvalue weighted by molar-refractivity contribution is 7.92. The Kier molecular flexibility index (Phi) is 5.28. The summed E-state index contributed by atoms with van der Waals surface area (Å²) in [6.07, 6.45) is 2.21. The molecule has 1 aromatic carbocycles. The summed E-state index contributed by atoms with van der Waals surface area (Å²) in [5.74, 6) is -0.712. The van der Waals surface area contributed by atoms with Crippen LogP contribution < -0.4 is 5.32 Å². The molecule has 3 fully saturated rings. The summed E-state index contributed by atoms with van der Waals surface area (Å²) >= 11 is 0. The third kappa shape index (κ3) is 3.65. The lowest BCUT2D eigenvalue weighted by atomic mass is 9.88. The number of sulfone groups is 1. The van der Waals surface area contributed by atoms with Crippen molar-refractivity contribution in [2.24, 2.45) is 0 Å². The minimum Gasteiger partial charge on any atom is -0.379 e. The van der Waals surface area contributed by atoms with Crippen LogP contribution in [0.1, 0.15) is 24.8 Å². The van der Waals surface area contributed by atoms with Crippen LogP contribution in [-0.2, 0) is 19.3 Å². The second kappa shape index (κ2) is 7.40. The molecule has 0 amide bonds. The fourth-order valence-corrected chi connectivity index (χ4v) is 6.44. The Morgan fingerprint density at radius 2 is 1.93 bits per heavy atom. The molecular formula is C19H27FN2O4S. The van der Waals surface area contributed by atoms with E-state index in [4.69, 9.17) is 9.47 Å². The van der Waals surface area contributed by atoms with Crippen LogP contribution in [0.4, 0.5) is 4.39 Å². The maximum Gasteiger partial charge on any atom is 0.209 e. The molecule has 3 aliphatic rings. The van der Waals surface area contributed by atoms with Gasteiger partial charge in [-0.15, -0.1) is 0 Å². The zero-order valence-electron chi connectivity index (χ0n) is 15.6. The number of piperidine rings is 1. The van der Waals surface area contributed by atoms with Crippen molar-refractivity contribution in [1.82, 2.24) is 10.2 Å². The number of benzene rings is 1. The van der Waals surface area contributed by atoms with Gasteiger partial charge in [0, 0.05) is 13.1 Å². The fourth-order valence-electron chi connectivity index (χ4n) is 4.49. The van der Waals surface area contributed by atoms with Crippen molar-refractivity contribution in [2.75, 3.05) is 39.4 Å². The molecule has 0 bridgehead atoms. The molecule has 1 spiro atoms. The van der Waals surface area contributed by atoms with Crippen LogP contribution in [0.5, 0.6) is 0 Å². The number of nitrogens with zero attached hydrogens (tertiary/aromatic N) is 1. The van der Waals surface area contributed by atoms with Crippen molar-refractivity contribution in [1.29, 1.82) is 0 Å². The normalized spacial score (nSPS) is 29.3. The zero-order valence-corrected chi connectivity index (χ0v) is 16.4. The maximum atomic E-state index is 14.4. The lowest BCUT2D eigenvalue weighted by molar-refractivity contribution is -0.0388. The number of rotatable bonds is 3. The number of morpholine rings is 1. The SMILES string of the molecule is Cc1ccc(F)c(S(=O)(=O)C2OC3(CCNCC3)CC2N2CCOCC2)c1. The largest absolute Gasteiger partial charge is 0.379 e. The summed E-state index contributed by atoms with van der Waals surface area (Å²) in [5.41, 5.74) is -0.788. The van der Waals surface area contributed by atoms with Crippen LogP contribution in [-0.4, -0.2) is 69.8 Å². The van der Waals surface area contributed by atoms with E-state index in [1.165, 1.54) is 12.1 Å². The van der Waals surface area contributed by atoms with Gasteiger partial charge < -0.3 is 14.8 Å². The molecule has 0 saturated carbocycles. The van der Waals surface area contributed by atoms with Gasteiger partial charge in [-0.25, -0.2) is 12.8 Å². The molecule has 6 nitrogen and oxygen atoms in total. The highest BCUT2D eigenvalue weighted by atomic mass is 32.2. The van der Waals surface area contributed by atoms with Crippen molar-refractivity contribution >= 4 is 9.84 Å². The number of hydrogen-bond donors (Lipinski definition) is 1. The Morgan fingerprint density at radius 1 is 1.22 bits per heavy atom. The predicted molar refractivity (Wildman–Crippen MR) is 98.8 cm³/mol. The Morgan fingerprint density at radius 3 is 2.63 bits per heavy atom. The molecule has 4 rings (SSSR count). The molecule has 3 aliphatic heterocycles. The first kappa shape index (κ1) is 19.3. The lowest BCUT2D eigenvalue weighted by Crippen LogP contribution is -2.49. The molecule has 0 aromatic heterocycles. The van der Waals surface area contributed by atoms with Gasteiger partial charge in [0.15, 0.2) is 5.44 Å². The van der Waals surface area contributed by atoms with Crippen LogP contribution in [0.3, 0.4) is 0 Å². The minimum absolute atomic E-state index is 0.253. The van der Waals surface area contributed by atoms with E-state index in [9.17, 15) is 12.8 Å². The van der Waals surface area contributed by atoms with Gasteiger partial charge in [-0.2, -0.15) is 0 Å². The fraction of sp³-hybridized carbons (Fsp3) is 0.684. The summed E-state index contributed by atoms with van der Waals surface area (Å²) in [6.45, 7) is 5.88. The first-order chi connectivity index (χ1) is 12.9. The highest BCUT2D eigenvalue weighted by Gasteiger charge is 2.54.